The van der Waals surface area contributed by atoms with Crippen LogP contribution >= 0.6 is 11.3 Å². The monoisotopic (exact) mass is 436 g/mol. The molecule has 0 aliphatic carbocycles. The fourth-order valence-corrected chi connectivity index (χ4v) is 4.99. The second kappa shape index (κ2) is 7.92. The number of aromatic carboxylic acids is 1. The van der Waals surface area contributed by atoms with Crippen LogP contribution in [0.15, 0.2) is 52.3 Å². The average Bonchev–Trinajstić information content (AvgIpc) is 3.12. The van der Waals surface area contributed by atoms with Crippen molar-refractivity contribution >= 4 is 27.5 Å². The SMILES string of the molecule is CC(C)n1c(=O)n(C)c(=O)c2c(C(=O)O)c(Cc3ccc(-c4ncccn4)cc3)sc21. The molecular formula is C22H20N4O4S. The van der Waals surface area contributed by atoms with Crippen molar-refractivity contribution in [2.24, 2.45) is 7.05 Å². The largest absolute Gasteiger partial charge is 0.478 e. The van der Waals surface area contributed by atoms with Crippen LogP contribution in [0.2, 0.25) is 0 Å². The van der Waals surface area contributed by atoms with Gasteiger partial charge < -0.3 is 5.11 Å². The average molecular weight is 436 g/mol. The molecule has 4 rings (SSSR count). The van der Waals surface area contributed by atoms with Gasteiger partial charge in [0, 0.05) is 42.3 Å². The van der Waals surface area contributed by atoms with Gasteiger partial charge in [-0.15, -0.1) is 11.3 Å². The molecule has 0 atom stereocenters. The van der Waals surface area contributed by atoms with Gasteiger partial charge in [0.2, 0.25) is 0 Å². The smallest absolute Gasteiger partial charge is 0.337 e. The topological polar surface area (TPSA) is 107 Å². The van der Waals surface area contributed by atoms with E-state index < -0.39 is 17.2 Å². The Morgan fingerprint density at radius 2 is 1.77 bits per heavy atom. The fraction of sp³-hybridized carbons (Fsp3) is 0.227. The minimum atomic E-state index is -1.18. The molecule has 3 aromatic heterocycles. The summed E-state index contributed by atoms with van der Waals surface area (Å²) in [6, 6.07) is 9.04. The van der Waals surface area contributed by atoms with Crippen molar-refractivity contribution in [2.75, 3.05) is 0 Å². The van der Waals surface area contributed by atoms with Gasteiger partial charge in [0.15, 0.2) is 5.82 Å². The first-order valence-corrected chi connectivity index (χ1v) is 10.5. The molecule has 0 aliphatic rings. The molecule has 8 nitrogen and oxygen atoms in total. The number of hydrogen-bond acceptors (Lipinski definition) is 6. The van der Waals surface area contributed by atoms with E-state index in [-0.39, 0.29) is 17.0 Å². The molecule has 0 fully saturated rings. The predicted molar refractivity (Wildman–Crippen MR) is 119 cm³/mol. The number of benzene rings is 1. The van der Waals surface area contributed by atoms with Gasteiger partial charge in [0.1, 0.15) is 4.83 Å². The van der Waals surface area contributed by atoms with Gasteiger partial charge in [-0.3, -0.25) is 13.9 Å². The van der Waals surface area contributed by atoms with Gasteiger partial charge in [-0.1, -0.05) is 24.3 Å². The summed E-state index contributed by atoms with van der Waals surface area (Å²) in [5.74, 6) is -0.576. The Morgan fingerprint density at radius 1 is 1.13 bits per heavy atom. The van der Waals surface area contributed by atoms with Crippen LogP contribution in [0.1, 0.15) is 40.7 Å². The first-order chi connectivity index (χ1) is 14.8. The molecule has 158 valence electrons. The van der Waals surface area contributed by atoms with Gasteiger partial charge in [0.05, 0.1) is 10.9 Å². The van der Waals surface area contributed by atoms with E-state index in [2.05, 4.69) is 9.97 Å². The molecule has 31 heavy (non-hydrogen) atoms. The summed E-state index contributed by atoms with van der Waals surface area (Å²) >= 11 is 1.18. The number of carboxylic acids is 1. The number of carbonyl (C=O) groups is 1. The first-order valence-electron chi connectivity index (χ1n) is 9.66. The van der Waals surface area contributed by atoms with E-state index in [1.54, 1.807) is 18.5 Å². The highest BCUT2D eigenvalue weighted by molar-refractivity contribution is 7.19. The van der Waals surface area contributed by atoms with Crippen molar-refractivity contribution in [2.45, 2.75) is 26.3 Å². The number of aromatic nitrogens is 4. The highest BCUT2D eigenvalue weighted by atomic mass is 32.1. The van der Waals surface area contributed by atoms with Crippen molar-refractivity contribution in [3.8, 4) is 11.4 Å². The molecule has 4 aromatic rings. The molecule has 0 aliphatic heterocycles. The van der Waals surface area contributed by atoms with E-state index in [1.165, 1.54) is 23.0 Å². The zero-order chi connectivity index (χ0) is 22.3. The molecule has 1 aromatic carbocycles. The van der Waals surface area contributed by atoms with Crippen LogP contribution < -0.4 is 11.2 Å². The summed E-state index contributed by atoms with van der Waals surface area (Å²) in [5, 5.41) is 9.97. The fourth-order valence-electron chi connectivity index (χ4n) is 3.55. The molecule has 0 spiro atoms. The summed E-state index contributed by atoms with van der Waals surface area (Å²) in [5.41, 5.74) is 0.647. The lowest BCUT2D eigenvalue weighted by Gasteiger charge is -2.12. The Balaban J connectivity index is 1.85. The number of carboxylic acid groups (broad SMARTS) is 1. The highest BCUT2D eigenvalue weighted by Crippen LogP contribution is 2.32. The third kappa shape index (κ3) is 3.57. The Hall–Kier alpha value is -3.59. The van der Waals surface area contributed by atoms with E-state index in [9.17, 15) is 19.5 Å². The van der Waals surface area contributed by atoms with Crippen molar-refractivity contribution in [1.82, 2.24) is 19.1 Å². The Labute approximate surface area is 181 Å². The van der Waals surface area contributed by atoms with Gasteiger partial charge in [-0.2, -0.15) is 0 Å². The van der Waals surface area contributed by atoms with E-state index >= 15 is 0 Å². The van der Waals surface area contributed by atoms with Crippen LogP contribution in [0.3, 0.4) is 0 Å². The first kappa shape index (κ1) is 20.7. The molecule has 9 heteroatoms. The second-order valence-corrected chi connectivity index (χ2v) is 8.53. The van der Waals surface area contributed by atoms with Crippen LogP contribution in [-0.4, -0.2) is 30.2 Å². The Morgan fingerprint density at radius 3 is 2.35 bits per heavy atom. The second-order valence-electron chi connectivity index (χ2n) is 7.44. The lowest BCUT2D eigenvalue weighted by atomic mass is 10.0. The zero-order valence-corrected chi connectivity index (χ0v) is 18.0. The zero-order valence-electron chi connectivity index (χ0n) is 17.2. The van der Waals surface area contributed by atoms with E-state index in [4.69, 9.17) is 0 Å². The number of rotatable bonds is 5. The molecule has 1 N–H and O–H groups in total. The summed E-state index contributed by atoms with van der Waals surface area (Å²) in [6.45, 7) is 3.66. The lowest BCUT2D eigenvalue weighted by Crippen LogP contribution is -2.38. The minimum absolute atomic E-state index is 0.0366. The molecular weight excluding hydrogens is 416 g/mol. The highest BCUT2D eigenvalue weighted by Gasteiger charge is 2.26. The maximum atomic E-state index is 12.8. The molecule has 0 bridgehead atoms. The van der Waals surface area contributed by atoms with E-state index in [0.717, 1.165) is 15.7 Å². The molecule has 0 unspecified atom stereocenters. The molecule has 0 saturated heterocycles. The Bertz CT molecular complexity index is 1400. The normalized spacial score (nSPS) is 11.4. The van der Waals surface area contributed by atoms with Crippen LogP contribution in [0, 0.1) is 0 Å². The maximum absolute atomic E-state index is 12.8. The van der Waals surface area contributed by atoms with Crippen molar-refractivity contribution < 1.29 is 9.90 Å². The van der Waals surface area contributed by atoms with Crippen LogP contribution in [0.25, 0.3) is 21.6 Å². The van der Waals surface area contributed by atoms with Crippen LogP contribution in [-0.2, 0) is 13.5 Å². The summed E-state index contributed by atoms with van der Waals surface area (Å²) < 4.78 is 2.45. The maximum Gasteiger partial charge on any atom is 0.337 e. The minimum Gasteiger partial charge on any atom is -0.478 e. The van der Waals surface area contributed by atoms with Crippen molar-refractivity contribution in [3.63, 3.8) is 0 Å². The third-order valence-corrected chi connectivity index (χ3v) is 6.25. The predicted octanol–water partition coefficient (Wildman–Crippen LogP) is 3.09. The molecule has 0 amide bonds. The van der Waals surface area contributed by atoms with Crippen molar-refractivity contribution in [3.05, 3.63) is 79.6 Å². The standard InChI is InChI=1S/C22H20N4O4S/c1-12(2)26-20-17(19(27)25(3)22(26)30)16(21(28)29)15(31-20)11-13-5-7-14(8-6-13)18-23-9-4-10-24-18/h4-10,12H,11H2,1-3H3,(H,28,29). The van der Waals surface area contributed by atoms with Gasteiger partial charge in [-0.05, 0) is 25.5 Å². The van der Waals surface area contributed by atoms with E-state index in [0.29, 0.717) is 22.0 Å². The Kier molecular flexibility index (Phi) is 5.28. The third-order valence-electron chi connectivity index (χ3n) is 5.07. The summed E-state index contributed by atoms with van der Waals surface area (Å²) in [4.78, 5) is 46.9. The quantitative estimate of drug-likeness (QED) is 0.515. The molecule has 0 radical (unpaired) electrons. The molecule has 3 heterocycles. The van der Waals surface area contributed by atoms with Crippen molar-refractivity contribution in [1.29, 1.82) is 0 Å². The van der Waals surface area contributed by atoms with Gasteiger partial charge in [0.25, 0.3) is 5.56 Å². The molecule has 0 saturated carbocycles. The number of fused-ring (bicyclic) bond motifs is 1. The van der Waals surface area contributed by atoms with Gasteiger partial charge >= 0.3 is 11.7 Å². The summed E-state index contributed by atoms with van der Waals surface area (Å²) in [6.07, 6.45) is 3.66. The lowest BCUT2D eigenvalue weighted by molar-refractivity contribution is 0.0698. The van der Waals surface area contributed by atoms with Gasteiger partial charge in [-0.25, -0.2) is 19.6 Å². The van der Waals surface area contributed by atoms with Crippen LogP contribution in [0.5, 0.6) is 0 Å². The number of thiophene rings is 1. The van der Waals surface area contributed by atoms with Crippen LogP contribution in [0.4, 0.5) is 0 Å². The summed E-state index contributed by atoms with van der Waals surface area (Å²) in [7, 11) is 1.37. The number of hydrogen-bond donors (Lipinski definition) is 1. The van der Waals surface area contributed by atoms with E-state index in [1.807, 2.05) is 38.1 Å². The number of nitrogens with zero attached hydrogens (tertiary/aromatic N) is 4.